The van der Waals surface area contributed by atoms with Crippen molar-refractivity contribution in [1.82, 2.24) is 0 Å². The molecule has 1 aliphatic carbocycles. The number of fused-ring (bicyclic) bond motifs is 1. The fourth-order valence-electron chi connectivity index (χ4n) is 2.25. The van der Waals surface area contributed by atoms with E-state index < -0.39 is 17.3 Å². The third kappa shape index (κ3) is 1.35. The van der Waals surface area contributed by atoms with Gasteiger partial charge in [0.15, 0.2) is 0 Å². The minimum atomic E-state index is -1.39. The first-order valence-electron chi connectivity index (χ1n) is 5.41. The van der Waals surface area contributed by atoms with Gasteiger partial charge in [0, 0.05) is 0 Å². The van der Waals surface area contributed by atoms with E-state index in [2.05, 4.69) is 0 Å². The van der Waals surface area contributed by atoms with Crippen molar-refractivity contribution in [3.05, 3.63) is 29.6 Å². The molecule has 1 aromatic rings. The molecule has 1 saturated heterocycles. The summed E-state index contributed by atoms with van der Waals surface area (Å²) >= 11 is 0. The Hall–Kier alpha value is -2.24. The number of carboxylic acids is 1. The first-order valence-corrected chi connectivity index (χ1v) is 5.41. The molecule has 0 spiro atoms. The summed E-state index contributed by atoms with van der Waals surface area (Å²) in [5, 5.41) is 8.69. The summed E-state index contributed by atoms with van der Waals surface area (Å²) in [4.78, 5) is 35.1. The van der Waals surface area contributed by atoms with Crippen molar-refractivity contribution < 1.29 is 23.9 Å². The molecule has 2 aliphatic rings. The lowest BCUT2D eigenvalue weighted by Crippen LogP contribution is -2.32. The summed E-state index contributed by atoms with van der Waals surface area (Å²) in [5.74, 6) is -3.53. The van der Waals surface area contributed by atoms with E-state index in [-0.39, 0.29) is 29.3 Å². The molecule has 5 nitrogen and oxygen atoms in total. The number of nitrogens with zero attached hydrogens (tertiary/aromatic N) is 1. The largest absolute Gasteiger partial charge is 0.478 e. The van der Waals surface area contributed by atoms with Gasteiger partial charge in [-0.1, -0.05) is 0 Å². The molecule has 3 rings (SSSR count). The van der Waals surface area contributed by atoms with E-state index in [1.54, 1.807) is 0 Å². The number of carboxylic acid groups (broad SMARTS) is 1. The Balaban J connectivity index is 1.99. The van der Waals surface area contributed by atoms with Crippen molar-refractivity contribution in [3.63, 3.8) is 0 Å². The van der Waals surface area contributed by atoms with Gasteiger partial charge in [-0.3, -0.25) is 9.59 Å². The number of benzene rings is 1. The first kappa shape index (κ1) is 10.9. The van der Waals surface area contributed by atoms with Gasteiger partial charge in [0.25, 0.3) is 0 Å². The van der Waals surface area contributed by atoms with Crippen LogP contribution in [0.1, 0.15) is 16.8 Å². The molecule has 0 aromatic heterocycles. The zero-order valence-corrected chi connectivity index (χ0v) is 9.09. The summed E-state index contributed by atoms with van der Waals surface area (Å²) in [6.07, 6.45) is 0.573. The Morgan fingerprint density at radius 2 is 1.89 bits per heavy atom. The average molecular weight is 249 g/mol. The molecule has 1 aliphatic heterocycles. The number of imide groups is 1. The summed E-state index contributed by atoms with van der Waals surface area (Å²) in [7, 11) is 0. The SMILES string of the molecule is O=C(O)c1ccc(N2C(=O)C3CC3C2=O)cc1F. The summed E-state index contributed by atoms with van der Waals surface area (Å²) in [5.41, 5.74) is -0.386. The number of rotatable bonds is 2. The third-order valence-corrected chi connectivity index (χ3v) is 3.31. The van der Waals surface area contributed by atoms with Gasteiger partial charge >= 0.3 is 5.97 Å². The van der Waals surface area contributed by atoms with Gasteiger partial charge in [-0.05, 0) is 24.6 Å². The molecule has 1 heterocycles. The van der Waals surface area contributed by atoms with E-state index in [0.717, 1.165) is 17.0 Å². The summed E-state index contributed by atoms with van der Waals surface area (Å²) in [6, 6.07) is 3.23. The molecular formula is C12H8FNO4. The van der Waals surface area contributed by atoms with E-state index in [4.69, 9.17) is 5.11 Å². The Morgan fingerprint density at radius 1 is 1.28 bits per heavy atom. The fraction of sp³-hybridized carbons (Fsp3) is 0.250. The van der Waals surface area contributed by atoms with Crippen LogP contribution in [0.4, 0.5) is 10.1 Å². The third-order valence-electron chi connectivity index (χ3n) is 3.31. The lowest BCUT2D eigenvalue weighted by molar-refractivity contribution is -0.123. The molecule has 1 N–H and O–H groups in total. The van der Waals surface area contributed by atoms with Gasteiger partial charge in [0.05, 0.1) is 23.1 Å². The van der Waals surface area contributed by atoms with Crippen molar-refractivity contribution in [3.8, 4) is 0 Å². The fourth-order valence-corrected chi connectivity index (χ4v) is 2.25. The zero-order valence-electron chi connectivity index (χ0n) is 9.09. The van der Waals surface area contributed by atoms with Gasteiger partial charge in [-0.2, -0.15) is 0 Å². The Morgan fingerprint density at radius 3 is 2.39 bits per heavy atom. The van der Waals surface area contributed by atoms with E-state index in [1.165, 1.54) is 6.07 Å². The number of hydrogen-bond acceptors (Lipinski definition) is 3. The van der Waals surface area contributed by atoms with Gasteiger partial charge in [-0.15, -0.1) is 0 Å². The second kappa shape index (κ2) is 3.38. The first-order chi connectivity index (χ1) is 8.50. The number of halogens is 1. The van der Waals surface area contributed by atoms with Crippen LogP contribution in [-0.4, -0.2) is 22.9 Å². The molecule has 2 unspecified atom stereocenters. The van der Waals surface area contributed by atoms with Crippen LogP contribution < -0.4 is 4.90 Å². The van der Waals surface area contributed by atoms with Gasteiger partial charge < -0.3 is 5.11 Å². The topological polar surface area (TPSA) is 74.7 Å². The van der Waals surface area contributed by atoms with E-state index in [9.17, 15) is 18.8 Å². The van der Waals surface area contributed by atoms with E-state index >= 15 is 0 Å². The van der Waals surface area contributed by atoms with Crippen LogP contribution in [0, 0.1) is 17.7 Å². The number of aromatic carboxylic acids is 1. The lowest BCUT2D eigenvalue weighted by Gasteiger charge is -2.16. The molecule has 6 heteroatoms. The van der Waals surface area contributed by atoms with Crippen LogP contribution in [-0.2, 0) is 9.59 Å². The summed E-state index contributed by atoms with van der Waals surface area (Å²) in [6.45, 7) is 0. The zero-order chi connectivity index (χ0) is 13.0. The molecule has 2 fully saturated rings. The average Bonchev–Trinajstić information content (AvgIpc) is 3.03. The quantitative estimate of drug-likeness (QED) is 0.794. The second-order valence-electron chi connectivity index (χ2n) is 4.43. The predicted octanol–water partition coefficient (Wildman–Crippen LogP) is 1.03. The van der Waals surface area contributed by atoms with Crippen molar-refractivity contribution >= 4 is 23.5 Å². The highest BCUT2D eigenvalue weighted by molar-refractivity contribution is 6.24. The maximum Gasteiger partial charge on any atom is 0.338 e. The van der Waals surface area contributed by atoms with Crippen molar-refractivity contribution in [2.75, 3.05) is 4.90 Å². The molecule has 1 aromatic carbocycles. The highest BCUT2D eigenvalue weighted by Crippen LogP contribution is 2.48. The minimum Gasteiger partial charge on any atom is -0.478 e. The van der Waals surface area contributed by atoms with Crippen LogP contribution in [0.3, 0.4) is 0 Å². The molecule has 0 radical (unpaired) electrons. The highest BCUT2D eigenvalue weighted by Gasteiger charge is 2.59. The smallest absolute Gasteiger partial charge is 0.338 e. The number of carbonyl (C=O) groups is 3. The minimum absolute atomic E-state index is 0.0969. The number of piperidine rings is 1. The molecule has 2 atom stereocenters. The number of amides is 2. The van der Waals surface area contributed by atoms with Gasteiger partial charge in [0.1, 0.15) is 5.82 Å². The highest BCUT2D eigenvalue weighted by atomic mass is 19.1. The molecule has 18 heavy (non-hydrogen) atoms. The number of hydrogen-bond donors (Lipinski definition) is 1. The Bertz CT molecular complexity index is 578. The molecule has 1 saturated carbocycles. The van der Waals surface area contributed by atoms with Crippen LogP contribution in [0.15, 0.2) is 18.2 Å². The van der Waals surface area contributed by atoms with Crippen LogP contribution in [0.2, 0.25) is 0 Å². The number of carbonyl (C=O) groups excluding carboxylic acids is 2. The van der Waals surface area contributed by atoms with Gasteiger partial charge in [0.2, 0.25) is 11.8 Å². The standard InChI is InChI=1S/C12H8FNO4/c13-9-3-5(1-2-6(9)12(17)18)14-10(15)7-4-8(7)11(14)16/h1-3,7-8H,4H2,(H,17,18). The maximum absolute atomic E-state index is 13.5. The van der Waals surface area contributed by atoms with Gasteiger partial charge in [-0.25, -0.2) is 14.1 Å². The Labute approximate surface area is 101 Å². The normalized spacial score (nSPS) is 25.3. The Kier molecular flexibility index (Phi) is 2.04. The summed E-state index contributed by atoms with van der Waals surface area (Å²) < 4.78 is 13.5. The van der Waals surface area contributed by atoms with Crippen LogP contribution in [0.5, 0.6) is 0 Å². The van der Waals surface area contributed by atoms with Crippen molar-refractivity contribution in [1.29, 1.82) is 0 Å². The lowest BCUT2D eigenvalue weighted by atomic mass is 10.2. The predicted molar refractivity (Wildman–Crippen MR) is 57.4 cm³/mol. The van der Waals surface area contributed by atoms with Crippen molar-refractivity contribution in [2.24, 2.45) is 11.8 Å². The molecule has 92 valence electrons. The molecular weight excluding hydrogens is 241 g/mol. The monoisotopic (exact) mass is 249 g/mol. The second-order valence-corrected chi connectivity index (χ2v) is 4.43. The number of anilines is 1. The van der Waals surface area contributed by atoms with E-state index in [1.807, 2.05) is 0 Å². The maximum atomic E-state index is 13.5. The van der Waals surface area contributed by atoms with Crippen molar-refractivity contribution in [2.45, 2.75) is 6.42 Å². The van der Waals surface area contributed by atoms with Crippen LogP contribution in [0.25, 0.3) is 0 Å². The molecule has 2 amide bonds. The molecule has 0 bridgehead atoms. The van der Waals surface area contributed by atoms with E-state index in [0.29, 0.717) is 6.42 Å². The van der Waals surface area contributed by atoms with Crippen LogP contribution >= 0.6 is 0 Å².